The van der Waals surface area contributed by atoms with E-state index in [1.165, 1.54) is 7.11 Å². The van der Waals surface area contributed by atoms with Gasteiger partial charge in [0.15, 0.2) is 6.10 Å². The van der Waals surface area contributed by atoms with Crippen molar-refractivity contribution >= 4 is 11.9 Å². The molecule has 0 aliphatic carbocycles. The fourth-order valence-electron chi connectivity index (χ4n) is 1.52. The average molecular weight is 281 g/mol. The van der Waals surface area contributed by atoms with E-state index >= 15 is 0 Å². The number of carbonyl (C=O) groups excluding carboxylic acids is 1. The van der Waals surface area contributed by atoms with Crippen LogP contribution in [0.2, 0.25) is 0 Å². The summed E-state index contributed by atoms with van der Waals surface area (Å²) in [5.74, 6) is -0.797. The fraction of sp³-hybridized carbons (Fsp3) is 0.429. The van der Waals surface area contributed by atoms with Gasteiger partial charge in [-0.3, -0.25) is 4.79 Å². The Morgan fingerprint density at radius 2 is 1.85 bits per heavy atom. The SMILES string of the molecule is COC(CNC(=O)c1ccc(OC(C)C)cc1)C(=O)O. The lowest BCUT2D eigenvalue weighted by molar-refractivity contribution is -0.148. The van der Waals surface area contributed by atoms with Crippen molar-refractivity contribution in [2.24, 2.45) is 0 Å². The Bertz CT molecular complexity index is 455. The van der Waals surface area contributed by atoms with Crippen LogP contribution in [0.4, 0.5) is 0 Å². The van der Waals surface area contributed by atoms with E-state index in [4.69, 9.17) is 14.6 Å². The van der Waals surface area contributed by atoms with E-state index in [9.17, 15) is 9.59 Å². The second kappa shape index (κ2) is 7.49. The Morgan fingerprint density at radius 1 is 1.25 bits per heavy atom. The van der Waals surface area contributed by atoms with Gasteiger partial charge in [0.25, 0.3) is 5.91 Å². The molecular formula is C14H19NO5. The quantitative estimate of drug-likeness (QED) is 0.787. The molecule has 2 N–H and O–H groups in total. The Labute approximate surface area is 117 Å². The van der Waals surface area contributed by atoms with Crippen LogP contribution in [0.15, 0.2) is 24.3 Å². The Balaban J connectivity index is 2.57. The highest BCUT2D eigenvalue weighted by Crippen LogP contribution is 2.13. The van der Waals surface area contributed by atoms with Crippen LogP contribution in [0, 0.1) is 0 Å². The summed E-state index contributed by atoms with van der Waals surface area (Å²) in [6.45, 7) is 3.74. The maximum absolute atomic E-state index is 11.8. The zero-order valence-corrected chi connectivity index (χ0v) is 11.8. The third-order valence-electron chi connectivity index (χ3n) is 2.50. The second-order valence-corrected chi connectivity index (χ2v) is 4.46. The van der Waals surface area contributed by atoms with Crippen molar-refractivity contribution in [3.05, 3.63) is 29.8 Å². The van der Waals surface area contributed by atoms with Crippen molar-refractivity contribution in [2.45, 2.75) is 26.1 Å². The summed E-state index contributed by atoms with van der Waals surface area (Å²) in [6, 6.07) is 6.63. The third-order valence-corrected chi connectivity index (χ3v) is 2.50. The predicted molar refractivity (Wildman–Crippen MR) is 73.0 cm³/mol. The maximum Gasteiger partial charge on any atom is 0.334 e. The van der Waals surface area contributed by atoms with E-state index in [-0.39, 0.29) is 18.6 Å². The number of aliphatic carboxylic acids is 1. The zero-order chi connectivity index (χ0) is 15.1. The number of carboxylic acid groups (broad SMARTS) is 1. The number of nitrogens with one attached hydrogen (secondary N) is 1. The first-order valence-electron chi connectivity index (χ1n) is 6.24. The lowest BCUT2D eigenvalue weighted by Gasteiger charge is -2.12. The maximum atomic E-state index is 11.8. The number of rotatable bonds is 7. The van der Waals surface area contributed by atoms with E-state index in [0.717, 1.165) is 0 Å². The van der Waals surface area contributed by atoms with E-state index in [2.05, 4.69) is 5.32 Å². The summed E-state index contributed by atoms with van der Waals surface area (Å²) < 4.78 is 10.2. The van der Waals surface area contributed by atoms with E-state index in [1.54, 1.807) is 24.3 Å². The molecule has 6 nitrogen and oxygen atoms in total. The van der Waals surface area contributed by atoms with Crippen molar-refractivity contribution in [1.82, 2.24) is 5.32 Å². The molecule has 0 aliphatic heterocycles. The molecule has 6 heteroatoms. The van der Waals surface area contributed by atoms with Gasteiger partial charge in [0.05, 0.1) is 12.6 Å². The lowest BCUT2D eigenvalue weighted by atomic mass is 10.2. The summed E-state index contributed by atoms with van der Waals surface area (Å²) in [5, 5.41) is 11.3. The summed E-state index contributed by atoms with van der Waals surface area (Å²) in [4.78, 5) is 22.6. The fourth-order valence-corrected chi connectivity index (χ4v) is 1.52. The van der Waals surface area contributed by atoms with Crippen LogP contribution >= 0.6 is 0 Å². The van der Waals surface area contributed by atoms with Crippen molar-refractivity contribution in [3.63, 3.8) is 0 Å². The molecule has 1 aromatic rings. The van der Waals surface area contributed by atoms with Crippen LogP contribution in [-0.4, -0.2) is 42.8 Å². The van der Waals surface area contributed by atoms with Crippen LogP contribution in [0.5, 0.6) is 5.75 Å². The van der Waals surface area contributed by atoms with Crippen molar-refractivity contribution in [3.8, 4) is 5.75 Å². The molecule has 0 bridgehead atoms. The molecule has 0 aliphatic rings. The molecule has 0 fully saturated rings. The first-order chi connectivity index (χ1) is 9.43. The third kappa shape index (κ3) is 4.89. The molecule has 0 aromatic heterocycles. The first-order valence-corrected chi connectivity index (χ1v) is 6.24. The van der Waals surface area contributed by atoms with Gasteiger partial charge in [0.1, 0.15) is 5.75 Å². The number of hydrogen-bond acceptors (Lipinski definition) is 4. The van der Waals surface area contributed by atoms with E-state index in [0.29, 0.717) is 11.3 Å². The van der Waals surface area contributed by atoms with Crippen LogP contribution < -0.4 is 10.1 Å². The standard InChI is InChI=1S/C14H19NO5/c1-9(2)20-11-6-4-10(5-7-11)13(16)15-8-12(19-3)14(17)18/h4-7,9,12H,8H2,1-3H3,(H,15,16)(H,17,18). The van der Waals surface area contributed by atoms with Crippen LogP contribution in [0.25, 0.3) is 0 Å². The van der Waals surface area contributed by atoms with Crippen molar-refractivity contribution in [2.75, 3.05) is 13.7 Å². The molecule has 1 aromatic carbocycles. The molecule has 1 rings (SSSR count). The minimum atomic E-state index is -1.12. The van der Waals surface area contributed by atoms with Crippen LogP contribution in [-0.2, 0) is 9.53 Å². The van der Waals surface area contributed by atoms with Gasteiger partial charge in [0, 0.05) is 12.7 Å². The van der Waals surface area contributed by atoms with Gasteiger partial charge in [-0.15, -0.1) is 0 Å². The van der Waals surface area contributed by atoms with E-state index in [1.807, 2.05) is 13.8 Å². The number of methoxy groups -OCH3 is 1. The highest BCUT2D eigenvalue weighted by Gasteiger charge is 2.17. The van der Waals surface area contributed by atoms with Gasteiger partial charge < -0.3 is 19.9 Å². The number of hydrogen-bond donors (Lipinski definition) is 2. The number of amides is 1. The Kier molecular flexibility index (Phi) is 5.99. The van der Waals surface area contributed by atoms with Crippen LogP contribution in [0.1, 0.15) is 24.2 Å². The predicted octanol–water partition coefficient (Wildman–Crippen LogP) is 1.30. The number of carboxylic acids is 1. The molecular weight excluding hydrogens is 262 g/mol. The summed E-state index contributed by atoms with van der Waals surface area (Å²) >= 11 is 0. The van der Waals surface area contributed by atoms with Crippen LogP contribution in [0.3, 0.4) is 0 Å². The molecule has 0 spiro atoms. The highest BCUT2D eigenvalue weighted by molar-refractivity contribution is 5.94. The number of benzene rings is 1. The van der Waals surface area contributed by atoms with Gasteiger partial charge in [-0.1, -0.05) is 0 Å². The second-order valence-electron chi connectivity index (χ2n) is 4.46. The van der Waals surface area contributed by atoms with Gasteiger partial charge in [-0.25, -0.2) is 4.79 Å². The summed E-state index contributed by atoms with van der Waals surface area (Å²) in [5.41, 5.74) is 0.432. The minimum Gasteiger partial charge on any atom is -0.491 e. The molecule has 1 atom stereocenters. The molecule has 0 radical (unpaired) electrons. The largest absolute Gasteiger partial charge is 0.491 e. The van der Waals surface area contributed by atoms with Gasteiger partial charge in [0.2, 0.25) is 0 Å². The minimum absolute atomic E-state index is 0.0627. The number of ether oxygens (including phenoxy) is 2. The molecule has 0 heterocycles. The zero-order valence-electron chi connectivity index (χ0n) is 11.8. The van der Waals surface area contributed by atoms with E-state index < -0.39 is 12.1 Å². The van der Waals surface area contributed by atoms with Gasteiger partial charge >= 0.3 is 5.97 Å². The topological polar surface area (TPSA) is 84.9 Å². The van der Waals surface area contributed by atoms with Crippen molar-refractivity contribution in [1.29, 1.82) is 0 Å². The van der Waals surface area contributed by atoms with Gasteiger partial charge in [-0.2, -0.15) is 0 Å². The van der Waals surface area contributed by atoms with Gasteiger partial charge in [-0.05, 0) is 38.1 Å². The molecule has 20 heavy (non-hydrogen) atoms. The monoisotopic (exact) mass is 281 g/mol. The lowest BCUT2D eigenvalue weighted by Crippen LogP contribution is -2.37. The highest BCUT2D eigenvalue weighted by atomic mass is 16.5. The first kappa shape index (κ1) is 16.0. The normalized spacial score (nSPS) is 12.0. The van der Waals surface area contributed by atoms with Crippen molar-refractivity contribution < 1.29 is 24.2 Å². The Morgan fingerprint density at radius 3 is 2.30 bits per heavy atom. The summed E-state index contributed by atoms with van der Waals surface area (Å²) in [6.07, 6.45) is -0.991. The molecule has 0 saturated heterocycles. The number of carbonyl (C=O) groups is 2. The molecule has 0 saturated carbocycles. The molecule has 110 valence electrons. The molecule has 1 amide bonds. The average Bonchev–Trinajstić information content (AvgIpc) is 2.39. The smallest absolute Gasteiger partial charge is 0.334 e. The molecule has 1 unspecified atom stereocenters. The summed E-state index contributed by atoms with van der Waals surface area (Å²) in [7, 11) is 1.28. The Hall–Kier alpha value is -2.08.